The Morgan fingerprint density at radius 3 is 2.56 bits per heavy atom. The first-order valence-electron chi connectivity index (χ1n) is 6.67. The maximum Gasteiger partial charge on any atom is 0.191 e. The highest BCUT2D eigenvalue weighted by atomic mass is 15.2. The lowest BCUT2D eigenvalue weighted by atomic mass is 9.96. The lowest BCUT2D eigenvalue weighted by Crippen LogP contribution is -2.38. The minimum atomic E-state index is 0.480. The van der Waals surface area contributed by atoms with Gasteiger partial charge in [-0.3, -0.25) is 0 Å². The molecule has 1 aliphatic rings. The Labute approximate surface area is 100 Å². The Bertz CT molecular complexity index is 219. The van der Waals surface area contributed by atoms with Crippen molar-refractivity contribution >= 4 is 5.96 Å². The van der Waals surface area contributed by atoms with Crippen LogP contribution in [0.1, 0.15) is 52.4 Å². The normalized spacial score (nSPS) is 20.8. The number of rotatable bonds is 4. The summed E-state index contributed by atoms with van der Waals surface area (Å²) in [4.78, 5) is 6.74. The molecule has 3 heteroatoms. The summed E-state index contributed by atoms with van der Waals surface area (Å²) in [6, 6.07) is 0.480. The molecule has 1 saturated carbocycles. The summed E-state index contributed by atoms with van der Waals surface area (Å²) in [5, 5.41) is 0. The molecule has 1 unspecified atom stereocenters. The van der Waals surface area contributed by atoms with Gasteiger partial charge in [0.1, 0.15) is 0 Å². The van der Waals surface area contributed by atoms with E-state index >= 15 is 0 Å². The molecule has 0 aromatic rings. The van der Waals surface area contributed by atoms with Gasteiger partial charge in [-0.2, -0.15) is 0 Å². The van der Waals surface area contributed by atoms with Crippen LogP contribution >= 0.6 is 0 Å². The average molecular weight is 225 g/mol. The number of aliphatic imine (C=N–C) groups is 1. The van der Waals surface area contributed by atoms with Crippen LogP contribution in [0.2, 0.25) is 0 Å². The maximum atomic E-state index is 6.03. The molecular formula is C13H27N3. The van der Waals surface area contributed by atoms with Gasteiger partial charge in [0.05, 0.1) is 6.04 Å². The Morgan fingerprint density at radius 2 is 2.00 bits per heavy atom. The van der Waals surface area contributed by atoms with Crippen LogP contribution in [0, 0.1) is 5.92 Å². The van der Waals surface area contributed by atoms with Crippen molar-refractivity contribution < 1.29 is 0 Å². The molecule has 3 nitrogen and oxygen atoms in total. The van der Waals surface area contributed by atoms with E-state index in [1.807, 2.05) is 7.05 Å². The second-order valence-corrected chi connectivity index (χ2v) is 5.17. The lowest BCUT2D eigenvalue weighted by molar-refractivity contribution is 0.383. The predicted molar refractivity (Wildman–Crippen MR) is 70.6 cm³/mol. The predicted octanol–water partition coefficient (Wildman–Crippen LogP) is 2.61. The smallest absolute Gasteiger partial charge is 0.191 e. The van der Waals surface area contributed by atoms with Crippen molar-refractivity contribution in [3.8, 4) is 0 Å². The Morgan fingerprint density at radius 1 is 1.38 bits per heavy atom. The molecule has 1 atom stereocenters. The van der Waals surface area contributed by atoms with Crippen molar-refractivity contribution in [2.45, 2.75) is 58.4 Å². The summed E-state index contributed by atoms with van der Waals surface area (Å²) in [5.41, 5.74) is 6.03. The van der Waals surface area contributed by atoms with Gasteiger partial charge < -0.3 is 10.6 Å². The summed E-state index contributed by atoms with van der Waals surface area (Å²) >= 11 is 0. The number of hydrogen-bond acceptors (Lipinski definition) is 1. The standard InChI is InChI=1S/C13H27N3/c1-4-11(2)10-16(3)13(14)15-12-8-6-5-7-9-12/h11-12H,4-10H2,1-3H3,(H2,14,15). The van der Waals surface area contributed by atoms with Gasteiger partial charge in [-0.15, -0.1) is 0 Å². The minimum absolute atomic E-state index is 0.480. The van der Waals surface area contributed by atoms with Gasteiger partial charge in [-0.1, -0.05) is 39.5 Å². The molecule has 2 N–H and O–H groups in total. The van der Waals surface area contributed by atoms with Crippen LogP contribution in [-0.4, -0.2) is 30.5 Å². The summed E-state index contributed by atoms with van der Waals surface area (Å²) < 4.78 is 0. The van der Waals surface area contributed by atoms with Crippen LogP contribution in [-0.2, 0) is 0 Å². The topological polar surface area (TPSA) is 41.6 Å². The fraction of sp³-hybridized carbons (Fsp3) is 0.923. The highest BCUT2D eigenvalue weighted by Gasteiger charge is 2.14. The molecule has 0 spiro atoms. The zero-order valence-electron chi connectivity index (χ0n) is 11.1. The zero-order chi connectivity index (χ0) is 12.0. The van der Waals surface area contributed by atoms with E-state index < -0.39 is 0 Å². The fourth-order valence-corrected chi connectivity index (χ4v) is 2.19. The molecule has 0 aromatic carbocycles. The first-order valence-corrected chi connectivity index (χ1v) is 6.67. The molecule has 0 bridgehead atoms. The molecule has 0 saturated heterocycles. The van der Waals surface area contributed by atoms with Crippen molar-refractivity contribution in [1.82, 2.24) is 4.90 Å². The molecule has 0 amide bonds. The van der Waals surface area contributed by atoms with E-state index in [4.69, 9.17) is 5.73 Å². The van der Waals surface area contributed by atoms with Crippen LogP contribution in [0.5, 0.6) is 0 Å². The number of nitrogens with two attached hydrogens (primary N) is 1. The number of guanidine groups is 1. The van der Waals surface area contributed by atoms with E-state index in [0.717, 1.165) is 12.5 Å². The van der Waals surface area contributed by atoms with Crippen LogP contribution in [0.3, 0.4) is 0 Å². The maximum absolute atomic E-state index is 6.03. The minimum Gasteiger partial charge on any atom is -0.370 e. The summed E-state index contributed by atoms with van der Waals surface area (Å²) in [7, 11) is 2.05. The molecule has 0 aliphatic heterocycles. The SMILES string of the molecule is CCC(C)CN(C)C(N)=NC1CCCCC1. The van der Waals surface area contributed by atoms with Gasteiger partial charge in [0.15, 0.2) is 5.96 Å². The molecule has 1 rings (SSSR count). The molecule has 0 radical (unpaired) electrons. The van der Waals surface area contributed by atoms with Crippen LogP contribution in [0.15, 0.2) is 4.99 Å². The average Bonchev–Trinajstić information content (AvgIpc) is 2.30. The monoisotopic (exact) mass is 225 g/mol. The van der Waals surface area contributed by atoms with Crippen molar-refractivity contribution in [1.29, 1.82) is 0 Å². The first-order chi connectivity index (χ1) is 7.63. The highest BCUT2D eigenvalue weighted by Crippen LogP contribution is 2.20. The third-order valence-corrected chi connectivity index (χ3v) is 3.56. The quantitative estimate of drug-likeness (QED) is 0.590. The lowest BCUT2D eigenvalue weighted by Gasteiger charge is -2.24. The van der Waals surface area contributed by atoms with Gasteiger partial charge in [0, 0.05) is 13.6 Å². The van der Waals surface area contributed by atoms with Crippen molar-refractivity contribution in [3.05, 3.63) is 0 Å². The third-order valence-electron chi connectivity index (χ3n) is 3.56. The first kappa shape index (κ1) is 13.3. The zero-order valence-corrected chi connectivity index (χ0v) is 11.1. The molecule has 94 valence electrons. The van der Waals surface area contributed by atoms with E-state index in [0.29, 0.717) is 12.0 Å². The van der Waals surface area contributed by atoms with Gasteiger partial charge in [0.25, 0.3) is 0 Å². The second kappa shape index (κ2) is 6.77. The summed E-state index contributed by atoms with van der Waals surface area (Å²) in [5.74, 6) is 1.41. The number of nitrogens with zero attached hydrogens (tertiary/aromatic N) is 2. The van der Waals surface area contributed by atoms with Crippen molar-refractivity contribution in [2.24, 2.45) is 16.6 Å². The molecule has 0 aromatic heterocycles. The Balaban J connectivity index is 2.41. The van der Waals surface area contributed by atoms with Crippen LogP contribution in [0.25, 0.3) is 0 Å². The van der Waals surface area contributed by atoms with Gasteiger partial charge in [-0.25, -0.2) is 4.99 Å². The fourth-order valence-electron chi connectivity index (χ4n) is 2.19. The molecule has 16 heavy (non-hydrogen) atoms. The molecular weight excluding hydrogens is 198 g/mol. The Hall–Kier alpha value is -0.730. The van der Waals surface area contributed by atoms with Crippen molar-refractivity contribution in [2.75, 3.05) is 13.6 Å². The van der Waals surface area contributed by atoms with Gasteiger partial charge >= 0.3 is 0 Å². The third kappa shape index (κ3) is 4.42. The Kier molecular flexibility index (Phi) is 5.64. The van der Waals surface area contributed by atoms with Crippen LogP contribution in [0.4, 0.5) is 0 Å². The van der Waals surface area contributed by atoms with E-state index in [2.05, 4.69) is 23.7 Å². The summed E-state index contributed by atoms with van der Waals surface area (Å²) in [6.45, 7) is 5.48. The van der Waals surface area contributed by atoms with E-state index in [-0.39, 0.29) is 0 Å². The molecule has 1 fully saturated rings. The summed E-state index contributed by atoms with van der Waals surface area (Å²) in [6.07, 6.45) is 7.64. The van der Waals surface area contributed by atoms with E-state index in [9.17, 15) is 0 Å². The number of hydrogen-bond donors (Lipinski definition) is 1. The molecule has 0 heterocycles. The largest absolute Gasteiger partial charge is 0.370 e. The van der Waals surface area contributed by atoms with Gasteiger partial charge in [-0.05, 0) is 18.8 Å². The van der Waals surface area contributed by atoms with Crippen molar-refractivity contribution in [3.63, 3.8) is 0 Å². The van der Waals surface area contributed by atoms with E-state index in [1.54, 1.807) is 0 Å². The van der Waals surface area contributed by atoms with Crippen LogP contribution < -0.4 is 5.73 Å². The highest BCUT2D eigenvalue weighted by molar-refractivity contribution is 5.77. The van der Waals surface area contributed by atoms with Gasteiger partial charge in [0.2, 0.25) is 0 Å². The molecule has 1 aliphatic carbocycles. The second-order valence-electron chi connectivity index (χ2n) is 5.17. The van der Waals surface area contributed by atoms with E-state index in [1.165, 1.54) is 38.5 Å².